The van der Waals surface area contributed by atoms with Gasteiger partial charge in [-0.1, -0.05) is 6.92 Å². The number of fused-ring (bicyclic) bond motifs is 2. The van der Waals surface area contributed by atoms with Crippen molar-refractivity contribution in [3.05, 3.63) is 36.3 Å². The third-order valence-corrected chi connectivity index (χ3v) is 4.87. The Kier molecular flexibility index (Phi) is 3.82. The van der Waals surface area contributed by atoms with Crippen LogP contribution in [-0.4, -0.2) is 38.0 Å². The quantitative estimate of drug-likeness (QED) is 0.907. The zero-order valence-corrected chi connectivity index (χ0v) is 13.6. The van der Waals surface area contributed by atoms with Crippen molar-refractivity contribution in [3.8, 4) is 11.4 Å². The van der Waals surface area contributed by atoms with Gasteiger partial charge in [-0.15, -0.1) is 0 Å². The molecule has 0 aromatic carbocycles. The van der Waals surface area contributed by atoms with Gasteiger partial charge in [-0.2, -0.15) is 0 Å². The molecule has 1 aliphatic carbocycles. The first kappa shape index (κ1) is 15.9. The fraction of sp³-hybridized carbons (Fsp3) is 0.412. The molecule has 4 heterocycles. The van der Waals surface area contributed by atoms with Crippen LogP contribution in [0, 0.1) is 17.6 Å². The van der Waals surface area contributed by atoms with Gasteiger partial charge in [0, 0.05) is 12.1 Å². The third-order valence-electron chi connectivity index (χ3n) is 4.87. The van der Waals surface area contributed by atoms with Gasteiger partial charge in [0.05, 0.1) is 24.2 Å². The maximum absolute atomic E-state index is 14.0. The highest BCUT2D eigenvalue weighted by atomic mass is 19.1. The van der Waals surface area contributed by atoms with Crippen LogP contribution in [0.3, 0.4) is 0 Å². The second-order valence-electron chi connectivity index (χ2n) is 6.73. The number of carbonyl (C=O) groups excluding carboxylic acids is 1. The number of carbonyl (C=O) groups is 1. The molecule has 130 valence electrons. The van der Waals surface area contributed by atoms with Gasteiger partial charge in [-0.25, -0.2) is 28.5 Å². The molecule has 2 amide bonds. The fourth-order valence-corrected chi connectivity index (χ4v) is 3.78. The number of aromatic nitrogens is 3. The van der Waals surface area contributed by atoms with Crippen molar-refractivity contribution >= 4 is 11.8 Å². The normalized spacial score (nSPS) is 24.6. The van der Waals surface area contributed by atoms with Crippen LogP contribution in [0.1, 0.15) is 26.2 Å². The van der Waals surface area contributed by atoms with Gasteiger partial charge < -0.3 is 4.90 Å². The summed E-state index contributed by atoms with van der Waals surface area (Å²) in [6.07, 6.45) is 5.98. The summed E-state index contributed by atoms with van der Waals surface area (Å²) in [7, 11) is 0. The summed E-state index contributed by atoms with van der Waals surface area (Å²) in [6, 6.07) is 1.68. The maximum atomic E-state index is 14.0. The molecule has 3 aliphatic rings. The Labute approximate surface area is 143 Å². The molecule has 2 aromatic rings. The Morgan fingerprint density at radius 2 is 1.80 bits per heavy atom. The molecule has 2 aromatic heterocycles. The predicted octanol–water partition coefficient (Wildman–Crippen LogP) is 3.22. The van der Waals surface area contributed by atoms with Gasteiger partial charge in [0.15, 0.2) is 17.5 Å². The van der Waals surface area contributed by atoms with E-state index < -0.39 is 11.6 Å². The molecule has 3 fully saturated rings. The first-order valence-corrected chi connectivity index (χ1v) is 8.24. The smallest absolute Gasteiger partial charge is 0.318 e. The number of amides is 2. The monoisotopic (exact) mass is 345 g/mol. The van der Waals surface area contributed by atoms with Gasteiger partial charge in [0.2, 0.25) is 0 Å². The summed E-state index contributed by atoms with van der Waals surface area (Å²) >= 11 is 0. The van der Waals surface area contributed by atoms with E-state index in [1.807, 2.05) is 4.90 Å². The minimum atomic E-state index is -0.640. The number of rotatable bonds is 2. The minimum absolute atomic E-state index is 0.0337. The van der Waals surface area contributed by atoms with Crippen LogP contribution in [0.2, 0.25) is 0 Å². The van der Waals surface area contributed by atoms with E-state index in [1.54, 1.807) is 0 Å². The lowest BCUT2D eigenvalue weighted by Gasteiger charge is -2.54. The van der Waals surface area contributed by atoms with Crippen LogP contribution in [-0.2, 0) is 0 Å². The van der Waals surface area contributed by atoms with Gasteiger partial charge in [0.1, 0.15) is 5.82 Å². The lowest BCUT2D eigenvalue weighted by Crippen LogP contribution is -2.63. The molecule has 1 N–H and O–H groups in total. The first-order chi connectivity index (χ1) is 12.0. The molecule has 2 atom stereocenters. The Bertz CT molecular complexity index is 801. The van der Waals surface area contributed by atoms with E-state index in [0.29, 0.717) is 5.92 Å². The lowest BCUT2D eigenvalue weighted by molar-refractivity contribution is -0.00603. The number of nitrogens with zero attached hydrogens (tertiary/aromatic N) is 4. The summed E-state index contributed by atoms with van der Waals surface area (Å²) in [5.41, 5.74) is 0.0581. The van der Waals surface area contributed by atoms with Crippen LogP contribution in [0.5, 0.6) is 0 Å². The van der Waals surface area contributed by atoms with Crippen LogP contribution < -0.4 is 5.32 Å². The zero-order chi connectivity index (χ0) is 17.6. The van der Waals surface area contributed by atoms with Crippen molar-refractivity contribution < 1.29 is 13.6 Å². The zero-order valence-electron chi connectivity index (χ0n) is 13.6. The molecule has 2 saturated heterocycles. The standard InChI is InChI=1S/C17H17F2N5O/c1-9-2-11-4-12(3-9)24(11)17(25)23-15-5-13(14(19)8-20-15)16-21-6-10(18)7-22-16/h5-9,11-12H,2-4H2,1H3,(H,20,23,25). The van der Waals surface area contributed by atoms with E-state index in [0.717, 1.165) is 37.9 Å². The molecule has 5 rings (SSSR count). The number of hydrogen-bond acceptors (Lipinski definition) is 4. The van der Waals surface area contributed by atoms with Crippen molar-refractivity contribution in [1.29, 1.82) is 0 Å². The fourth-order valence-electron chi connectivity index (χ4n) is 3.78. The predicted molar refractivity (Wildman–Crippen MR) is 86.6 cm³/mol. The van der Waals surface area contributed by atoms with Gasteiger partial charge in [0.25, 0.3) is 0 Å². The van der Waals surface area contributed by atoms with Crippen molar-refractivity contribution in [1.82, 2.24) is 19.9 Å². The molecule has 8 heteroatoms. The molecule has 0 spiro atoms. The number of halogens is 2. The van der Waals surface area contributed by atoms with Gasteiger partial charge in [-0.3, -0.25) is 5.32 Å². The van der Waals surface area contributed by atoms with E-state index in [1.165, 1.54) is 6.07 Å². The van der Waals surface area contributed by atoms with E-state index >= 15 is 0 Å². The highest BCUT2D eigenvalue weighted by Gasteiger charge is 2.46. The van der Waals surface area contributed by atoms with Crippen molar-refractivity contribution in [2.24, 2.45) is 5.92 Å². The lowest BCUT2D eigenvalue weighted by atomic mass is 9.74. The largest absolute Gasteiger partial charge is 0.323 e. The molecule has 2 unspecified atom stereocenters. The number of piperidine rings is 1. The van der Waals surface area contributed by atoms with Crippen LogP contribution in [0.15, 0.2) is 24.7 Å². The summed E-state index contributed by atoms with van der Waals surface area (Å²) in [5.74, 6) is -0.359. The van der Waals surface area contributed by atoms with E-state index in [2.05, 4.69) is 27.2 Å². The Morgan fingerprint density at radius 1 is 1.12 bits per heavy atom. The van der Waals surface area contributed by atoms with E-state index in [4.69, 9.17) is 0 Å². The van der Waals surface area contributed by atoms with Crippen LogP contribution >= 0.6 is 0 Å². The van der Waals surface area contributed by atoms with Crippen molar-refractivity contribution in [2.45, 2.75) is 38.3 Å². The average Bonchev–Trinajstić information content (AvgIpc) is 2.57. The van der Waals surface area contributed by atoms with E-state index in [-0.39, 0.29) is 35.3 Å². The molecule has 6 nitrogen and oxygen atoms in total. The second-order valence-corrected chi connectivity index (χ2v) is 6.73. The van der Waals surface area contributed by atoms with Crippen LogP contribution in [0.25, 0.3) is 11.4 Å². The minimum Gasteiger partial charge on any atom is -0.318 e. The molecule has 0 radical (unpaired) electrons. The van der Waals surface area contributed by atoms with Crippen LogP contribution in [0.4, 0.5) is 19.4 Å². The molecule has 2 aliphatic heterocycles. The summed E-state index contributed by atoms with van der Waals surface area (Å²) in [6.45, 7) is 2.20. The molecular weight excluding hydrogens is 328 g/mol. The summed E-state index contributed by atoms with van der Waals surface area (Å²) in [5, 5.41) is 2.72. The number of hydrogen-bond donors (Lipinski definition) is 1. The number of urea groups is 1. The average molecular weight is 345 g/mol. The first-order valence-electron chi connectivity index (χ1n) is 8.24. The number of pyridine rings is 1. The Balaban J connectivity index is 1.53. The highest BCUT2D eigenvalue weighted by Crippen LogP contribution is 2.41. The SMILES string of the molecule is CC1CC2CC(C1)N2C(=O)Nc1cc(-c2ncc(F)cn2)c(F)cn1. The van der Waals surface area contributed by atoms with Gasteiger partial charge >= 0.3 is 6.03 Å². The van der Waals surface area contributed by atoms with Gasteiger partial charge in [-0.05, 0) is 31.2 Å². The second kappa shape index (κ2) is 6.02. The number of anilines is 1. The number of nitrogens with one attached hydrogen (secondary N) is 1. The summed E-state index contributed by atoms with van der Waals surface area (Å²) in [4.78, 5) is 25.8. The Hall–Kier alpha value is -2.64. The van der Waals surface area contributed by atoms with Crippen molar-refractivity contribution in [3.63, 3.8) is 0 Å². The topological polar surface area (TPSA) is 71.0 Å². The highest BCUT2D eigenvalue weighted by molar-refractivity contribution is 5.90. The third kappa shape index (κ3) is 2.92. The molecule has 25 heavy (non-hydrogen) atoms. The molecule has 2 bridgehead atoms. The Morgan fingerprint density at radius 3 is 2.48 bits per heavy atom. The maximum Gasteiger partial charge on any atom is 0.323 e. The molecular formula is C17H17F2N5O. The van der Waals surface area contributed by atoms with Crippen molar-refractivity contribution in [2.75, 3.05) is 5.32 Å². The summed E-state index contributed by atoms with van der Waals surface area (Å²) < 4.78 is 26.9. The van der Waals surface area contributed by atoms with E-state index in [9.17, 15) is 13.6 Å². The molecule has 1 saturated carbocycles.